The van der Waals surface area contributed by atoms with Crippen LogP contribution in [0.2, 0.25) is 0 Å². The number of hydrogen-bond acceptors (Lipinski definition) is 6. The smallest absolute Gasteiger partial charge is 0.257 e. The first-order valence-electron chi connectivity index (χ1n) is 10.4. The van der Waals surface area contributed by atoms with Crippen LogP contribution in [-0.4, -0.2) is 50.2 Å². The first kappa shape index (κ1) is 19.4. The van der Waals surface area contributed by atoms with Gasteiger partial charge in [0.15, 0.2) is 6.10 Å². The van der Waals surface area contributed by atoms with Gasteiger partial charge in [-0.3, -0.25) is 9.78 Å². The van der Waals surface area contributed by atoms with Crippen LogP contribution in [0.3, 0.4) is 0 Å². The van der Waals surface area contributed by atoms with E-state index in [0.717, 1.165) is 0 Å². The third kappa shape index (κ3) is 3.94. The molecule has 0 saturated carbocycles. The molecule has 5 rings (SSSR count). The molecular weight excluding hydrogens is 394 g/mol. The highest BCUT2D eigenvalue weighted by molar-refractivity contribution is 5.85. The van der Waals surface area contributed by atoms with E-state index in [1.807, 2.05) is 42.3 Å². The molecule has 1 amide bonds. The average molecular weight is 417 g/mol. The summed E-state index contributed by atoms with van der Waals surface area (Å²) in [5.41, 5.74) is 3.00. The number of fused-ring (bicyclic) bond motifs is 1. The molecular formula is C23H23N5O3. The number of ether oxygens (including phenoxy) is 1. The summed E-state index contributed by atoms with van der Waals surface area (Å²) in [5, 5.41) is 5.20. The predicted octanol–water partition coefficient (Wildman–Crippen LogP) is 3.16. The molecule has 0 bridgehead atoms. The molecule has 1 unspecified atom stereocenters. The van der Waals surface area contributed by atoms with Crippen LogP contribution < -0.4 is 0 Å². The Bertz CT molecular complexity index is 1200. The Morgan fingerprint density at radius 2 is 2.06 bits per heavy atom. The Labute approximate surface area is 179 Å². The Balaban J connectivity index is 1.24. The minimum atomic E-state index is -0.430. The number of rotatable bonds is 5. The number of carbonyl (C=O) groups excluding carboxylic acids is 1. The van der Waals surface area contributed by atoms with Gasteiger partial charge in [0.1, 0.15) is 5.69 Å². The van der Waals surface area contributed by atoms with Gasteiger partial charge in [-0.15, -0.1) is 0 Å². The zero-order chi connectivity index (χ0) is 21.2. The van der Waals surface area contributed by atoms with E-state index in [1.54, 1.807) is 6.20 Å². The van der Waals surface area contributed by atoms with Crippen molar-refractivity contribution in [3.8, 4) is 11.5 Å². The summed E-state index contributed by atoms with van der Waals surface area (Å²) in [5.74, 6) is 0.886. The Morgan fingerprint density at radius 3 is 2.94 bits per heavy atom. The van der Waals surface area contributed by atoms with Crippen molar-refractivity contribution in [2.45, 2.75) is 18.9 Å². The van der Waals surface area contributed by atoms with Crippen molar-refractivity contribution in [2.75, 3.05) is 19.7 Å². The minimum Gasteiger partial charge on any atom is -0.365 e. The minimum absolute atomic E-state index is 0.102. The molecule has 1 atom stereocenters. The van der Waals surface area contributed by atoms with Gasteiger partial charge in [-0.2, -0.15) is 4.98 Å². The van der Waals surface area contributed by atoms with Crippen LogP contribution in [0.25, 0.3) is 22.4 Å². The second kappa shape index (κ2) is 8.31. The molecule has 8 heteroatoms. The highest BCUT2D eigenvalue weighted by Crippen LogP contribution is 2.25. The van der Waals surface area contributed by atoms with Crippen molar-refractivity contribution < 1.29 is 14.1 Å². The molecule has 1 aliphatic rings. The van der Waals surface area contributed by atoms with Crippen LogP contribution >= 0.6 is 0 Å². The third-order valence-electron chi connectivity index (χ3n) is 5.62. The maximum Gasteiger partial charge on any atom is 0.257 e. The van der Waals surface area contributed by atoms with Crippen LogP contribution in [-0.2, 0) is 23.0 Å². The van der Waals surface area contributed by atoms with Crippen LogP contribution in [0.1, 0.15) is 24.0 Å². The SMILES string of the molecule is Cn1cc(CCC(=O)N2CCOC(c3nc(-c4ccccn4)no3)C2)c2ccccc21. The lowest BCUT2D eigenvalue weighted by molar-refractivity contribution is -0.140. The molecule has 31 heavy (non-hydrogen) atoms. The molecule has 0 N–H and O–H groups in total. The van der Waals surface area contributed by atoms with E-state index in [-0.39, 0.29) is 5.91 Å². The molecule has 0 aliphatic carbocycles. The number of carbonyl (C=O) groups is 1. The van der Waals surface area contributed by atoms with Gasteiger partial charge < -0.3 is 18.7 Å². The molecule has 1 saturated heterocycles. The van der Waals surface area contributed by atoms with E-state index in [0.29, 0.717) is 49.9 Å². The summed E-state index contributed by atoms with van der Waals surface area (Å²) in [4.78, 5) is 23.4. The fraction of sp³-hybridized carbons (Fsp3) is 0.304. The van der Waals surface area contributed by atoms with Crippen molar-refractivity contribution in [3.63, 3.8) is 0 Å². The number of benzene rings is 1. The van der Waals surface area contributed by atoms with Crippen molar-refractivity contribution in [1.29, 1.82) is 0 Å². The maximum atomic E-state index is 12.9. The van der Waals surface area contributed by atoms with Gasteiger partial charge in [0.25, 0.3) is 5.89 Å². The fourth-order valence-corrected chi connectivity index (χ4v) is 4.01. The lowest BCUT2D eigenvalue weighted by Gasteiger charge is -2.31. The normalized spacial score (nSPS) is 16.7. The van der Waals surface area contributed by atoms with Crippen LogP contribution in [0, 0.1) is 0 Å². The second-order valence-corrected chi connectivity index (χ2v) is 7.65. The first-order chi connectivity index (χ1) is 15.2. The van der Waals surface area contributed by atoms with Gasteiger partial charge in [0.05, 0.1) is 13.2 Å². The second-order valence-electron chi connectivity index (χ2n) is 7.65. The molecule has 0 radical (unpaired) electrons. The molecule has 4 aromatic rings. The van der Waals surface area contributed by atoms with Crippen LogP contribution in [0.4, 0.5) is 0 Å². The molecule has 1 aromatic carbocycles. The van der Waals surface area contributed by atoms with Crippen LogP contribution in [0.5, 0.6) is 0 Å². The maximum absolute atomic E-state index is 12.9. The summed E-state index contributed by atoms with van der Waals surface area (Å²) in [6.45, 7) is 1.40. The highest BCUT2D eigenvalue weighted by atomic mass is 16.5. The Kier molecular flexibility index (Phi) is 5.21. The monoisotopic (exact) mass is 417 g/mol. The third-order valence-corrected chi connectivity index (χ3v) is 5.62. The van der Waals surface area contributed by atoms with Gasteiger partial charge in [-0.25, -0.2) is 0 Å². The summed E-state index contributed by atoms with van der Waals surface area (Å²) >= 11 is 0. The Hall–Kier alpha value is -3.52. The molecule has 3 aromatic heterocycles. The van der Waals surface area contributed by atoms with E-state index >= 15 is 0 Å². The first-order valence-corrected chi connectivity index (χ1v) is 10.4. The van der Waals surface area contributed by atoms with Crippen molar-refractivity contribution in [1.82, 2.24) is 24.6 Å². The number of amides is 1. The zero-order valence-electron chi connectivity index (χ0n) is 17.3. The number of aryl methyl sites for hydroxylation is 2. The van der Waals surface area contributed by atoms with E-state index < -0.39 is 6.10 Å². The standard InChI is InChI=1S/C23H23N5O3/c1-27-14-16(17-6-2-3-8-19(17)27)9-10-21(29)28-12-13-30-20(15-28)23-25-22(26-31-23)18-7-4-5-11-24-18/h2-8,11,14,20H,9-10,12-13,15H2,1H3. The van der Waals surface area contributed by atoms with Gasteiger partial charge in [-0.05, 0) is 30.2 Å². The number of para-hydroxylation sites is 1. The lowest BCUT2D eigenvalue weighted by Crippen LogP contribution is -2.42. The molecule has 0 spiro atoms. The van der Waals surface area contributed by atoms with Crippen molar-refractivity contribution in [3.05, 3.63) is 66.3 Å². The predicted molar refractivity (Wildman–Crippen MR) is 114 cm³/mol. The average Bonchev–Trinajstić information content (AvgIpc) is 3.44. The number of nitrogens with zero attached hydrogens (tertiary/aromatic N) is 5. The zero-order valence-corrected chi connectivity index (χ0v) is 17.3. The molecule has 8 nitrogen and oxygen atoms in total. The van der Waals surface area contributed by atoms with E-state index in [2.05, 4.69) is 38.0 Å². The summed E-state index contributed by atoms with van der Waals surface area (Å²) < 4.78 is 13.3. The number of aromatic nitrogens is 4. The largest absolute Gasteiger partial charge is 0.365 e. The quantitative estimate of drug-likeness (QED) is 0.496. The van der Waals surface area contributed by atoms with E-state index in [9.17, 15) is 4.79 Å². The van der Waals surface area contributed by atoms with E-state index in [1.165, 1.54) is 16.5 Å². The van der Waals surface area contributed by atoms with E-state index in [4.69, 9.17) is 9.26 Å². The van der Waals surface area contributed by atoms with Crippen LogP contribution in [0.15, 0.2) is 59.4 Å². The topological polar surface area (TPSA) is 86.3 Å². The van der Waals surface area contributed by atoms with Crippen molar-refractivity contribution in [2.24, 2.45) is 7.05 Å². The molecule has 1 fully saturated rings. The van der Waals surface area contributed by atoms with Gasteiger partial charge in [0.2, 0.25) is 11.7 Å². The number of morpholine rings is 1. The number of pyridine rings is 1. The summed E-state index contributed by atoms with van der Waals surface area (Å²) in [6.07, 6.45) is 4.51. The molecule has 1 aliphatic heterocycles. The van der Waals surface area contributed by atoms with Gasteiger partial charge in [0, 0.05) is 43.3 Å². The fourth-order valence-electron chi connectivity index (χ4n) is 4.01. The summed E-state index contributed by atoms with van der Waals surface area (Å²) in [6, 6.07) is 13.8. The molecule has 158 valence electrons. The highest BCUT2D eigenvalue weighted by Gasteiger charge is 2.29. The van der Waals surface area contributed by atoms with Crippen molar-refractivity contribution >= 4 is 16.8 Å². The lowest BCUT2D eigenvalue weighted by atomic mass is 10.1. The molecule has 4 heterocycles. The Morgan fingerprint density at radius 1 is 1.19 bits per heavy atom. The van der Waals surface area contributed by atoms with Gasteiger partial charge >= 0.3 is 0 Å². The number of hydrogen-bond donors (Lipinski definition) is 0. The summed E-state index contributed by atoms with van der Waals surface area (Å²) in [7, 11) is 2.03. The van der Waals surface area contributed by atoms with Gasteiger partial charge in [-0.1, -0.05) is 29.4 Å².